The van der Waals surface area contributed by atoms with Gasteiger partial charge in [-0.3, -0.25) is 4.79 Å². The Hall–Kier alpha value is -2.43. The van der Waals surface area contributed by atoms with Crippen LogP contribution in [0.5, 0.6) is 0 Å². The van der Waals surface area contributed by atoms with E-state index in [1.807, 2.05) is 25.1 Å². The number of hydrogen-bond acceptors (Lipinski definition) is 4. The SMILES string of the molecule is Cc1cccc(NC(=O)C2CCN(c3ncccn3)CC2)c1C. The third-order valence-electron chi connectivity index (χ3n) is 4.56. The average molecular weight is 310 g/mol. The second-order valence-electron chi connectivity index (χ2n) is 6.05. The number of nitrogens with one attached hydrogen (secondary N) is 1. The standard InChI is InChI=1S/C18H22N4O/c1-13-5-3-6-16(14(13)2)21-17(23)15-7-11-22(12-8-15)18-19-9-4-10-20-18/h3-6,9-10,15H,7-8,11-12H2,1-2H3,(H,21,23). The predicted octanol–water partition coefficient (Wildman–Crippen LogP) is 2.95. The number of aromatic nitrogens is 2. The number of rotatable bonds is 3. The summed E-state index contributed by atoms with van der Waals surface area (Å²) in [6.07, 6.45) is 5.16. The van der Waals surface area contributed by atoms with E-state index in [0.717, 1.165) is 43.1 Å². The van der Waals surface area contributed by atoms with Crippen molar-refractivity contribution >= 4 is 17.5 Å². The number of piperidine rings is 1. The number of carbonyl (C=O) groups is 1. The molecule has 3 rings (SSSR count). The van der Waals surface area contributed by atoms with Gasteiger partial charge in [-0.2, -0.15) is 0 Å². The molecule has 1 amide bonds. The topological polar surface area (TPSA) is 58.1 Å². The monoisotopic (exact) mass is 310 g/mol. The molecule has 0 unspecified atom stereocenters. The van der Waals surface area contributed by atoms with E-state index in [-0.39, 0.29) is 11.8 Å². The van der Waals surface area contributed by atoms with E-state index in [1.54, 1.807) is 12.4 Å². The molecule has 1 fully saturated rings. The van der Waals surface area contributed by atoms with Gasteiger partial charge in [0.2, 0.25) is 11.9 Å². The Kier molecular flexibility index (Phi) is 4.55. The molecule has 1 aliphatic heterocycles. The molecule has 5 heteroatoms. The highest BCUT2D eigenvalue weighted by Crippen LogP contribution is 2.23. The van der Waals surface area contributed by atoms with Crippen molar-refractivity contribution < 1.29 is 4.79 Å². The van der Waals surface area contributed by atoms with E-state index >= 15 is 0 Å². The van der Waals surface area contributed by atoms with Crippen molar-refractivity contribution in [3.63, 3.8) is 0 Å². The number of aryl methyl sites for hydroxylation is 1. The van der Waals surface area contributed by atoms with Gasteiger partial charge in [-0.25, -0.2) is 9.97 Å². The molecule has 0 bridgehead atoms. The lowest BCUT2D eigenvalue weighted by Crippen LogP contribution is -2.39. The van der Waals surface area contributed by atoms with Crippen molar-refractivity contribution in [1.29, 1.82) is 0 Å². The van der Waals surface area contributed by atoms with Gasteiger partial charge in [0, 0.05) is 37.1 Å². The molecule has 0 saturated carbocycles. The van der Waals surface area contributed by atoms with Crippen molar-refractivity contribution in [2.75, 3.05) is 23.3 Å². The van der Waals surface area contributed by atoms with Gasteiger partial charge in [0.05, 0.1) is 0 Å². The van der Waals surface area contributed by atoms with Gasteiger partial charge in [-0.15, -0.1) is 0 Å². The normalized spacial score (nSPS) is 15.5. The van der Waals surface area contributed by atoms with E-state index in [0.29, 0.717) is 0 Å². The Morgan fingerprint density at radius 1 is 1.13 bits per heavy atom. The lowest BCUT2D eigenvalue weighted by molar-refractivity contribution is -0.120. The Morgan fingerprint density at radius 2 is 1.83 bits per heavy atom. The predicted molar refractivity (Wildman–Crippen MR) is 91.5 cm³/mol. The Labute approximate surface area is 136 Å². The summed E-state index contributed by atoms with van der Waals surface area (Å²) in [6, 6.07) is 7.82. The smallest absolute Gasteiger partial charge is 0.227 e. The highest BCUT2D eigenvalue weighted by atomic mass is 16.1. The molecule has 2 aromatic rings. The third-order valence-corrected chi connectivity index (χ3v) is 4.56. The second-order valence-corrected chi connectivity index (χ2v) is 6.05. The van der Waals surface area contributed by atoms with Crippen molar-refractivity contribution in [3.05, 3.63) is 47.8 Å². The summed E-state index contributed by atoms with van der Waals surface area (Å²) in [5, 5.41) is 3.09. The van der Waals surface area contributed by atoms with Crippen LogP contribution in [0.2, 0.25) is 0 Å². The van der Waals surface area contributed by atoms with Crippen LogP contribution in [-0.4, -0.2) is 29.0 Å². The Bertz CT molecular complexity index is 679. The fourth-order valence-corrected chi connectivity index (χ4v) is 2.92. The van der Waals surface area contributed by atoms with Crippen molar-refractivity contribution in [2.45, 2.75) is 26.7 Å². The molecule has 5 nitrogen and oxygen atoms in total. The Balaban J connectivity index is 1.59. The van der Waals surface area contributed by atoms with E-state index < -0.39 is 0 Å². The van der Waals surface area contributed by atoms with Crippen LogP contribution in [0.4, 0.5) is 11.6 Å². The van der Waals surface area contributed by atoms with Gasteiger partial charge in [-0.1, -0.05) is 12.1 Å². The number of anilines is 2. The summed E-state index contributed by atoms with van der Waals surface area (Å²) in [6.45, 7) is 5.73. The van der Waals surface area contributed by atoms with Crippen LogP contribution in [-0.2, 0) is 4.79 Å². The molecule has 0 spiro atoms. The molecule has 0 radical (unpaired) electrons. The molecule has 23 heavy (non-hydrogen) atoms. The largest absolute Gasteiger partial charge is 0.341 e. The van der Waals surface area contributed by atoms with Crippen LogP contribution >= 0.6 is 0 Å². The molecule has 1 aromatic carbocycles. The molecule has 1 saturated heterocycles. The lowest BCUT2D eigenvalue weighted by atomic mass is 9.95. The van der Waals surface area contributed by atoms with Crippen molar-refractivity contribution in [2.24, 2.45) is 5.92 Å². The van der Waals surface area contributed by atoms with Crippen LogP contribution in [0, 0.1) is 19.8 Å². The van der Waals surface area contributed by atoms with Crippen LogP contribution < -0.4 is 10.2 Å². The van der Waals surface area contributed by atoms with E-state index in [9.17, 15) is 4.79 Å². The van der Waals surface area contributed by atoms with E-state index in [2.05, 4.69) is 33.2 Å². The molecule has 1 aliphatic rings. The average Bonchev–Trinajstić information content (AvgIpc) is 2.60. The minimum Gasteiger partial charge on any atom is -0.341 e. The van der Waals surface area contributed by atoms with Gasteiger partial charge in [-0.05, 0) is 49.9 Å². The summed E-state index contributed by atoms with van der Waals surface area (Å²) >= 11 is 0. The zero-order valence-electron chi connectivity index (χ0n) is 13.6. The molecule has 2 heterocycles. The van der Waals surface area contributed by atoms with E-state index in [4.69, 9.17) is 0 Å². The highest BCUT2D eigenvalue weighted by molar-refractivity contribution is 5.93. The van der Waals surface area contributed by atoms with Gasteiger partial charge in [0.15, 0.2) is 0 Å². The first-order valence-corrected chi connectivity index (χ1v) is 8.04. The van der Waals surface area contributed by atoms with Gasteiger partial charge in [0.25, 0.3) is 0 Å². The molecular weight excluding hydrogens is 288 g/mol. The molecular formula is C18H22N4O. The van der Waals surface area contributed by atoms with Gasteiger partial charge in [0.1, 0.15) is 0 Å². The minimum absolute atomic E-state index is 0.0508. The Morgan fingerprint density at radius 3 is 2.52 bits per heavy atom. The van der Waals surface area contributed by atoms with Crippen LogP contribution in [0.1, 0.15) is 24.0 Å². The highest BCUT2D eigenvalue weighted by Gasteiger charge is 2.26. The quantitative estimate of drug-likeness (QED) is 0.947. The van der Waals surface area contributed by atoms with E-state index in [1.165, 1.54) is 5.56 Å². The number of nitrogens with zero attached hydrogens (tertiary/aromatic N) is 3. The fourth-order valence-electron chi connectivity index (χ4n) is 2.92. The molecule has 1 aromatic heterocycles. The number of carbonyl (C=O) groups excluding carboxylic acids is 1. The molecule has 120 valence electrons. The second kappa shape index (κ2) is 6.77. The van der Waals surface area contributed by atoms with Gasteiger partial charge >= 0.3 is 0 Å². The van der Waals surface area contributed by atoms with Gasteiger partial charge < -0.3 is 10.2 Å². The first-order valence-electron chi connectivity index (χ1n) is 8.04. The maximum absolute atomic E-state index is 12.5. The lowest BCUT2D eigenvalue weighted by Gasteiger charge is -2.31. The van der Waals surface area contributed by atoms with Crippen LogP contribution in [0.15, 0.2) is 36.7 Å². The minimum atomic E-state index is 0.0508. The maximum atomic E-state index is 12.5. The summed E-state index contributed by atoms with van der Waals surface area (Å²) < 4.78 is 0. The number of benzene rings is 1. The van der Waals surface area contributed by atoms with Crippen molar-refractivity contribution in [3.8, 4) is 0 Å². The fraction of sp³-hybridized carbons (Fsp3) is 0.389. The third kappa shape index (κ3) is 3.50. The molecule has 1 N–H and O–H groups in total. The van der Waals surface area contributed by atoms with Crippen molar-refractivity contribution in [1.82, 2.24) is 9.97 Å². The summed E-state index contributed by atoms with van der Waals surface area (Å²) in [4.78, 5) is 23.2. The maximum Gasteiger partial charge on any atom is 0.227 e. The first kappa shape index (κ1) is 15.5. The number of amides is 1. The summed E-state index contributed by atoms with van der Waals surface area (Å²) in [7, 11) is 0. The first-order chi connectivity index (χ1) is 11.1. The summed E-state index contributed by atoms with van der Waals surface area (Å²) in [5.41, 5.74) is 3.25. The zero-order chi connectivity index (χ0) is 16.2. The molecule has 0 aliphatic carbocycles. The zero-order valence-corrected chi connectivity index (χ0v) is 13.6. The summed E-state index contributed by atoms with van der Waals surface area (Å²) in [5.74, 6) is 0.920. The number of hydrogen-bond donors (Lipinski definition) is 1. The molecule has 0 atom stereocenters. The van der Waals surface area contributed by atoms with Crippen LogP contribution in [0.25, 0.3) is 0 Å². The van der Waals surface area contributed by atoms with Crippen LogP contribution in [0.3, 0.4) is 0 Å².